The van der Waals surface area contributed by atoms with Gasteiger partial charge in [-0.25, -0.2) is 17.9 Å². The third-order valence-electron chi connectivity index (χ3n) is 1.56. The van der Waals surface area contributed by atoms with E-state index in [9.17, 15) is 13.2 Å². The van der Waals surface area contributed by atoms with E-state index >= 15 is 0 Å². The molecule has 0 bridgehead atoms. The first-order valence-electron chi connectivity index (χ1n) is 4.03. The standard InChI is InChI=1S/C8H11N3O3S/c9-7-3-1-2-6(4-7)5-15(13,14)11-8(10)12/h1-4H,5,9H2,(H3,10,11,12). The van der Waals surface area contributed by atoms with Crippen LogP contribution < -0.4 is 16.2 Å². The largest absolute Gasteiger partial charge is 0.399 e. The lowest BCUT2D eigenvalue weighted by molar-refractivity contribution is 0.253. The highest BCUT2D eigenvalue weighted by atomic mass is 32.2. The molecule has 7 heteroatoms. The number of hydrogen-bond acceptors (Lipinski definition) is 4. The minimum absolute atomic E-state index is 0.332. The SMILES string of the molecule is NC(=O)NS(=O)(=O)Cc1cccc(N)c1. The summed E-state index contributed by atoms with van der Waals surface area (Å²) in [5.74, 6) is -0.332. The molecule has 0 aromatic heterocycles. The molecule has 0 atom stereocenters. The van der Waals surface area contributed by atoms with Crippen LogP contribution >= 0.6 is 0 Å². The summed E-state index contributed by atoms with van der Waals surface area (Å²) in [4.78, 5) is 10.4. The number of anilines is 1. The number of urea groups is 1. The van der Waals surface area contributed by atoms with Gasteiger partial charge in [0.1, 0.15) is 0 Å². The predicted molar refractivity (Wildman–Crippen MR) is 56.2 cm³/mol. The maximum Gasteiger partial charge on any atom is 0.325 e. The van der Waals surface area contributed by atoms with E-state index in [4.69, 9.17) is 11.5 Å². The van der Waals surface area contributed by atoms with Crippen LogP contribution in [0, 0.1) is 0 Å². The Labute approximate surface area is 87.3 Å². The minimum Gasteiger partial charge on any atom is -0.399 e. The summed E-state index contributed by atoms with van der Waals surface area (Å²) in [5, 5.41) is 0. The van der Waals surface area contributed by atoms with Crippen molar-refractivity contribution in [3.05, 3.63) is 29.8 Å². The Balaban J connectivity index is 2.82. The molecule has 0 saturated heterocycles. The Hall–Kier alpha value is -1.76. The Morgan fingerprint density at radius 3 is 2.60 bits per heavy atom. The lowest BCUT2D eigenvalue weighted by atomic mass is 10.2. The number of sulfonamides is 1. The first kappa shape index (κ1) is 11.3. The third kappa shape index (κ3) is 3.86. The number of primary amides is 1. The number of hydrogen-bond donors (Lipinski definition) is 3. The number of nitrogen functional groups attached to an aromatic ring is 1. The fourth-order valence-electron chi connectivity index (χ4n) is 1.09. The van der Waals surface area contributed by atoms with Crippen LogP contribution in [0.4, 0.5) is 10.5 Å². The van der Waals surface area contributed by atoms with Crippen molar-refractivity contribution in [1.29, 1.82) is 0 Å². The number of carbonyl (C=O) groups excluding carboxylic acids is 1. The first-order valence-corrected chi connectivity index (χ1v) is 5.68. The summed E-state index contributed by atoms with van der Waals surface area (Å²) in [6.45, 7) is 0. The molecule has 0 aliphatic heterocycles. The van der Waals surface area contributed by atoms with E-state index in [1.54, 1.807) is 22.9 Å². The summed E-state index contributed by atoms with van der Waals surface area (Å²) in [7, 11) is -3.73. The van der Waals surface area contributed by atoms with Gasteiger partial charge in [-0.2, -0.15) is 0 Å². The fourth-order valence-corrected chi connectivity index (χ4v) is 2.09. The van der Waals surface area contributed by atoms with E-state index in [1.807, 2.05) is 0 Å². The number of amides is 2. The first-order chi connectivity index (χ1) is 6.89. The molecule has 0 saturated carbocycles. The van der Waals surface area contributed by atoms with Crippen LogP contribution in [-0.4, -0.2) is 14.4 Å². The number of carbonyl (C=O) groups is 1. The molecule has 2 amide bonds. The van der Waals surface area contributed by atoms with Gasteiger partial charge in [0.05, 0.1) is 5.75 Å². The average molecular weight is 229 g/mol. The van der Waals surface area contributed by atoms with Crippen molar-refractivity contribution in [3.63, 3.8) is 0 Å². The van der Waals surface area contributed by atoms with Crippen molar-refractivity contribution < 1.29 is 13.2 Å². The van der Waals surface area contributed by atoms with Gasteiger partial charge in [0, 0.05) is 5.69 Å². The predicted octanol–water partition coefficient (Wildman–Crippen LogP) is -0.233. The molecule has 0 aliphatic carbocycles. The summed E-state index contributed by atoms with van der Waals surface area (Å²) in [6, 6.07) is 5.28. The molecule has 82 valence electrons. The molecule has 5 N–H and O–H groups in total. The maximum atomic E-state index is 11.3. The highest BCUT2D eigenvalue weighted by molar-refractivity contribution is 7.89. The van der Waals surface area contributed by atoms with Gasteiger partial charge in [-0.3, -0.25) is 0 Å². The van der Waals surface area contributed by atoms with E-state index in [-0.39, 0.29) is 5.75 Å². The second-order valence-corrected chi connectivity index (χ2v) is 4.69. The van der Waals surface area contributed by atoms with Crippen LogP contribution in [0.5, 0.6) is 0 Å². The van der Waals surface area contributed by atoms with Crippen LogP contribution in [0.15, 0.2) is 24.3 Å². The van der Waals surface area contributed by atoms with Crippen LogP contribution in [0.1, 0.15) is 5.56 Å². The lowest BCUT2D eigenvalue weighted by Crippen LogP contribution is -2.35. The van der Waals surface area contributed by atoms with E-state index < -0.39 is 16.1 Å². The summed E-state index contributed by atoms with van der Waals surface area (Å²) in [5.41, 5.74) is 11.1. The zero-order valence-electron chi connectivity index (χ0n) is 7.80. The molecule has 6 nitrogen and oxygen atoms in total. The normalized spacial score (nSPS) is 10.9. The van der Waals surface area contributed by atoms with Crippen molar-refractivity contribution in [3.8, 4) is 0 Å². The van der Waals surface area contributed by atoms with Gasteiger partial charge < -0.3 is 11.5 Å². The Morgan fingerprint density at radius 1 is 1.40 bits per heavy atom. The molecule has 0 spiro atoms. The zero-order valence-corrected chi connectivity index (χ0v) is 8.62. The van der Waals surface area contributed by atoms with E-state index in [0.29, 0.717) is 11.3 Å². The molecule has 1 aromatic carbocycles. The van der Waals surface area contributed by atoms with Gasteiger partial charge >= 0.3 is 6.03 Å². The van der Waals surface area contributed by atoms with E-state index in [1.165, 1.54) is 6.07 Å². The maximum absolute atomic E-state index is 11.3. The number of nitrogens with one attached hydrogen (secondary N) is 1. The van der Waals surface area contributed by atoms with Crippen LogP contribution in [-0.2, 0) is 15.8 Å². The molecule has 0 aliphatic rings. The zero-order chi connectivity index (χ0) is 11.5. The van der Waals surface area contributed by atoms with Crippen molar-refractivity contribution in [2.45, 2.75) is 5.75 Å². The molecule has 1 aromatic rings. The van der Waals surface area contributed by atoms with Crippen molar-refractivity contribution in [1.82, 2.24) is 4.72 Å². The fraction of sp³-hybridized carbons (Fsp3) is 0.125. The van der Waals surface area contributed by atoms with Crippen molar-refractivity contribution in [2.75, 3.05) is 5.73 Å². The molecule has 1 rings (SSSR count). The molecule has 0 fully saturated rings. The smallest absolute Gasteiger partial charge is 0.325 e. The molecular weight excluding hydrogens is 218 g/mol. The van der Waals surface area contributed by atoms with Gasteiger partial charge in [0.2, 0.25) is 10.0 Å². The summed E-state index contributed by atoms with van der Waals surface area (Å²) >= 11 is 0. The monoisotopic (exact) mass is 229 g/mol. The van der Waals surface area contributed by atoms with Crippen LogP contribution in [0.3, 0.4) is 0 Å². The Bertz CT molecular complexity index is 470. The molecule has 0 radical (unpaired) electrons. The van der Waals surface area contributed by atoms with E-state index in [2.05, 4.69) is 0 Å². The van der Waals surface area contributed by atoms with Gasteiger partial charge in [-0.1, -0.05) is 12.1 Å². The number of rotatable bonds is 3. The number of benzene rings is 1. The van der Waals surface area contributed by atoms with Crippen molar-refractivity contribution >= 4 is 21.7 Å². The Morgan fingerprint density at radius 2 is 2.07 bits per heavy atom. The average Bonchev–Trinajstić information content (AvgIpc) is 1.99. The van der Waals surface area contributed by atoms with Crippen LogP contribution in [0.2, 0.25) is 0 Å². The highest BCUT2D eigenvalue weighted by Gasteiger charge is 2.13. The second-order valence-electron chi connectivity index (χ2n) is 2.97. The molecule has 15 heavy (non-hydrogen) atoms. The summed E-state index contributed by atoms with van der Waals surface area (Å²) in [6.07, 6.45) is 0. The molecule has 0 unspecified atom stereocenters. The quantitative estimate of drug-likeness (QED) is 0.620. The lowest BCUT2D eigenvalue weighted by Gasteiger charge is -2.04. The van der Waals surface area contributed by atoms with E-state index in [0.717, 1.165) is 0 Å². The summed E-state index contributed by atoms with van der Waals surface area (Å²) < 4.78 is 24.2. The Kier molecular flexibility index (Phi) is 3.15. The van der Waals surface area contributed by atoms with Gasteiger partial charge in [0.15, 0.2) is 0 Å². The topological polar surface area (TPSA) is 115 Å². The third-order valence-corrected chi connectivity index (χ3v) is 2.79. The highest BCUT2D eigenvalue weighted by Crippen LogP contribution is 2.09. The number of nitrogens with two attached hydrogens (primary N) is 2. The molecular formula is C8H11N3O3S. The van der Waals surface area contributed by atoms with Gasteiger partial charge in [-0.15, -0.1) is 0 Å². The minimum atomic E-state index is -3.73. The van der Waals surface area contributed by atoms with Crippen molar-refractivity contribution in [2.24, 2.45) is 5.73 Å². The van der Waals surface area contributed by atoms with Crippen LogP contribution in [0.25, 0.3) is 0 Å². The van der Waals surface area contributed by atoms with Gasteiger partial charge in [-0.05, 0) is 17.7 Å². The second kappa shape index (κ2) is 4.18. The molecule has 0 heterocycles. The van der Waals surface area contributed by atoms with Gasteiger partial charge in [0.25, 0.3) is 0 Å².